The molecule has 3 aliphatic heterocycles. The normalized spacial score (nSPS) is 18.8. The third kappa shape index (κ3) is 13.8. The van der Waals surface area contributed by atoms with Crippen LogP contribution in [0.25, 0.3) is 28.2 Å². The van der Waals surface area contributed by atoms with E-state index < -0.39 is 42.2 Å². The zero-order valence-corrected chi connectivity index (χ0v) is 53.4. The number of carbonyl (C=O) groups excluding carboxylic acids is 3. The summed E-state index contributed by atoms with van der Waals surface area (Å²) in [5.74, 6) is -0.105. The van der Waals surface area contributed by atoms with Crippen LogP contribution in [0, 0.1) is 11.7 Å². The number of benzene rings is 7. The number of fused-ring (bicyclic) bond motifs is 3. The van der Waals surface area contributed by atoms with Crippen LogP contribution in [0.4, 0.5) is 21.5 Å². The number of nitrogens with one attached hydrogen (secondary N) is 3. The van der Waals surface area contributed by atoms with Crippen LogP contribution in [0.15, 0.2) is 207 Å². The summed E-state index contributed by atoms with van der Waals surface area (Å²) in [4.78, 5) is 48.6. The van der Waals surface area contributed by atoms with Crippen molar-refractivity contribution in [1.29, 1.82) is 0 Å². The van der Waals surface area contributed by atoms with Crippen LogP contribution < -0.4 is 49.6 Å². The number of halogens is 1. The van der Waals surface area contributed by atoms with Crippen LogP contribution in [0.2, 0.25) is 0 Å². The molecule has 4 aliphatic rings. The molecule has 0 radical (unpaired) electrons. The van der Waals surface area contributed by atoms with Crippen molar-refractivity contribution < 1.29 is 42.8 Å². The first kappa shape index (κ1) is 62.5. The van der Waals surface area contributed by atoms with Crippen LogP contribution in [0.5, 0.6) is 23.0 Å². The van der Waals surface area contributed by atoms with Gasteiger partial charge in [0, 0.05) is 74.8 Å². The molecule has 3 aromatic heterocycles. The summed E-state index contributed by atoms with van der Waals surface area (Å²) < 4.78 is 47.6. The predicted molar refractivity (Wildman–Crippen MR) is 363 cm³/mol. The molecule has 1 aliphatic carbocycles. The van der Waals surface area contributed by atoms with E-state index in [1.165, 1.54) is 0 Å². The van der Waals surface area contributed by atoms with Gasteiger partial charge in [0.05, 0.1) is 72.4 Å². The first-order valence-electron chi connectivity index (χ1n) is 32.8. The van der Waals surface area contributed by atoms with Crippen molar-refractivity contribution in [3.05, 3.63) is 235 Å². The molecule has 0 spiro atoms. The molecule has 6 heterocycles. The molecule has 96 heavy (non-hydrogen) atoms. The predicted octanol–water partition coefficient (Wildman–Crippen LogP) is 10.1. The van der Waals surface area contributed by atoms with Gasteiger partial charge in [0.25, 0.3) is 17.7 Å². The minimum absolute atomic E-state index is 0.00230. The molecule has 0 saturated heterocycles. The number of rotatable bonds is 21. The Labute approximate surface area is 555 Å². The summed E-state index contributed by atoms with van der Waals surface area (Å²) in [5.41, 5.74) is 9.87. The van der Waals surface area contributed by atoms with Crippen molar-refractivity contribution >= 4 is 34.8 Å². The lowest BCUT2D eigenvalue weighted by molar-refractivity contribution is -0.130. The Bertz CT molecular complexity index is 4320. The second-order valence-corrected chi connectivity index (χ2v) is 25.2. The summed E-state index contributed by atoms with van der Waals surface area (Å²) in [7, 11) is 0. The summed E-state index contributed by atoms with van der Waals surface area (Å²) in [6.45, 7) is 6.99. The van der Waals surface area contributed by atoms with Gasteiger partial charge in [0.15, 0.2) is 29.9 Å². The zero-order valence-electron chi connectivity index (χ0n) is 53.4. The Morgan fingerprint density at radius 1 is 0.562 bits per heavy atom. The SMILES string of the molecule is CC(C)CNC(=O)C1CN(Cc2ccc(-n3cccn3)cc2)c2ccc(C3CCCC(NC(=O)C4CN(Cc5ccc(-n6cccn6)cc5)c5ccc(-c6cccc(OCCNC(=O)C7CN(Cc8ccc(-n9cccn9)cc8)c8ccccc8O7)c6F)cc5O4)C3O)cc2O1. The van der Waals surface area contributed by atoms with E-state index in [4.69, 9.17) is 18.9 Å². The molecule has 490 valence electrons. The summed E-state index contributed by atoms with van der Waals surface area (Å²) >= 11 is 0. The van der Waals surface area contributed by atoms with E-state index in [1.54, 1.807) is 52.2 Å². The van der Waals surface area contributed by atoms with Crippen LogP contribution in [0.1, 0.15) is 61.3 Å². The molecule has 3 amide bonds. The van der Waals surface area contributed by atoms with Crippen molar-refractivity contribution in [3.8, 4) is 51.2 Å². The maximum absolute atomic E-state index is 16.8. The van der Waals surface area contributed by atoms with Gasteiger partial charge in [0.2, 0.25) is 0 Å². The molecule has 4 N–H and O–H groups in total. The van der Waals surface area contributed by atoms with Crippen molar-refractivity contribution in [2.75, 3.05) is 54.0 Å². The van der Waals surface area contributed by atoms with Gasteiger partial charge in [-0.15, -0.1) is 0 Å². The first-order chi connectivity index (χ1) is 46.9. The second-order valence-electron chi connectivity index (χ2n) is 25.2. The van der Waals surface area contributed by atoms with Crippen LogP contribution in [0.3, 0.4) is 0 Å². The van der Waals surface area contributed by atoms with E-state index in [1.807, 2.05) is 171 Å². The summed E-state index contributed by atoms with van der Waals surface area (Å²) in [6.07, 6.45) is 9.22. The molecule has 0 bridgehead atoms. The Morgan fingerprint density at radius 2 is 1.07 bits per heavy atom. The number of para-hydroxylation sites is 2. The van der Waals surface area contributed by atoms with Gasteiger partial charge < -0.3 is 54.7 Å². The second kappa shape index (κ2) is 28.0. The van der Waals surface area contributed by atoms with Crippen molar-refractivity contribution in [2.24, 2.45) is 5.92 Å². The standard InChI is InChI=1S/C75H75FN12O8/c1-49(2)42-78-74(91)69-47-84(44-51-18-26-56(27-19-51)87-37-8-33-80-87)63-31-23-54(41-67(63)95-69)59-11-5-12-60(72(59)89)82-75(92)70-48-85(45-52-20-28-57(29-21-52)88-38-9-34-81-88)62-30-22-53(40-66(62)96-70)58-10-6-15-65(71(58)76)93-39-35-77-73(90)68-46-83(61-13-3-4-14-64(61)94-68)43-50-16-24-55(25-17-50)86-36-7-32-79-86/h3-4,6-10,13-34,36-38,40-41,49,59-60,68-70,72,89H,5,11-12,35,39,42-48H2,1-2H3,(H,77,90)(H,78,91)(H,82,92). The topological polar surface area (TPSA) is 208 Å². The third-order valence-corrected chi connectivity index (χ3v) is 18.1. The Kier molecular flexibility index (Phi) is 18.2. The fourth-order valence-corrected chi connectivity index (χ4v) is 13.2. The maximum atomic E-state index is 16.8. The Balaban J connectivity index is 0.652. The van der Waals surface area contributed by atoms with Crippen molar-refractivity contribution in [1.82, 2.24) is 45.3 Å². The molecule has 1 saturated carbocycles. The molecule has 7 aromatic carbocycles. The Hall–Kier alpha value is -10.9. The van der Waals surface area contributed by atoms with E-state index in [0.29, 0.717) is 80.6 Å². The molecule has 10 aromatic rings. The zero-order chi connectivity index (χ0) is 65.7. The molecule has 21 heteroatoms. The first-order valence-corrected chi connectivity index (χ1v) is 32.8. The number of carbonyl (C=O) groups is 3. The van der Waals surface area contributed by atoms with Crippen LogP contribution >= 0.6 is 0 Å². The fourth-order valence-electron chi connectivity index (χ4n) is 13.2. The number of ether oxygens (including phenoxy) is 4. The molecular formula is C75H75FN12O8. The number of amides is 3. The highest BCUT2D eigenvalue weighted by Crippen LogP contribution is 2.43. The lowest BCUT2D eigenvalue weighted by atomic mass is 9.78. The quantitative estimate of drug-likeness (QED) is 0.0494. The van der Waals surface area contributed by atoms with Crippen molar-refractivity contribution in [2.45, 2.75) is 89.1 Å². The number of anilines is 3. The van der Waals surface area contributed by atoms with Gasteiger partial charge >= 0.3 is 0 Å². The molecule has 6 unspecified atom stereocenters. The molecular weight excluding hydrogens is 1220 g/mol. The number of nitrogens with zero attached hydrogens (tertiary/aromatic N) is 9. The minimum Gasteiger partial charge on any atom is -0.489 e. The van der Waals surface area contributed by atoms with E-state index in [2.05, 4.69) is 58.1 Å². The summed E-state index contributed by atoms with van der Waals surface area (Å²) in [6, 6.07) is 53.3. The lowest BCUT2D eigenvalue weighted by Crippen LogP contribution is -2.55. The van der Waals surface area contributed by atoms with E-state index in [9.17, 15) is 19.5 Å². The lowest BCUT2D eigenvalue weighted by Gasteiger charge is -2.39. The Morgan fingerprint density at radius 3 is 1.62 bits per heavy atom. The number of aromatic nitrogens is 6. The molecule has 6 atom stereocenters. The van der Waals surface area contributed by atoms with Crippen LogP contribution in [-0.2, 0) is 34.0 Å². The minimum atomic E-state index is -1.02. The monoisotopic (exact) mass is 1290 g/mol. The van der Waals surface area contributed by atoms with E-state index in [0.717, 1.165) is 57.1 Å². The van der Waals surface area contributed by atoms with Gasteiger partial charge in [-0.05, 0) is 144 Å². The maximum Gasteiger partial charge on any atom is 0.263 e. The highest BCUT2D eigenvalue weighted by Gasteiger charge is 2.40. The number of hydrogen-bond donors (Lipinski definition) is 4. The van der Waals surface area contributed by atoms with Crippen LogP contribution in [-0.4, -0.2) is 122 Å². The number of aliphatic hydroxyl groups excluding tert-OH is 1. The largest absolute Gasteiger partial charge is 0.489 e. The average molecular weight is 1290 g/mol. The van der Waals surface area contributed by atoms with Gasteiger partial charge in [-0.25, -0.2) is 18.4 Å². The number of hydrogen-bond acceptors (Lipinski definition) is 14. The molecule has 14 rings (SSSR count). The molecule has 1 fully saturated rings. The third-order valence-electron chi connectivity index (χ3n) is 18.1. The fraction of sp³-hybridized carbons (Fsp3) is 0.280. The van der Waals surface area contributed by atoms with Crippen molar-refractivity contribution in [3.63, 3.8) is 0 Å². The smallest absolute Gasteiger partial charge is 0.263 e. The van der Waals surface area contributed by atoms with Gasteiger partial charge in [-0.3, -0.25) is 14.4 Å². The highest BCUT2D eigenvalue weighted by atomic mass is 19.1. The van der Waals surface area contributed by atoms with E-state index in [-0.39, 0.29) is 54.7 Å². The van der Waals surface area contributed by atoms with Gasteiger partial charge in [0.1, 0.15) is 23.9 Å². The van der Waals surface area contributed by atoms with Gasteiger partial charge in [-0.2, -0.15) is 15.3 Å². The number of aliphatic hydroxyl groups is 1. The van der Waals surface area contributed by atoms with E-state index >= 15 is 4.39 Å². The van der Waals surface area contributed by atoms with Gasteiger partial charge in [-0.1, -0.05) is 93.1 Å². The summed E-state index contributed by atoms with van der Waals surface area (Å²) in [5, 5.41) is 34.6. The highest BCUT2D eigenvalue weighted by molar-refractivity contribution is 5.86. The molecule has 20 nitrogen and oxygen atoms in total. The average Bonchev–Trinajstić information content (AvgIpc) is 1.21.